The van der Waals surface area contributed by atoms with Crippen LogP contribution in [0.25, 0.3) is 0 Å². The Bertz CT molecular complexity index is 589. The second kappa shape index (κ2) is 16.4. The first-order valence-corrected chi connectivity index (χ1v) is 11.8. The molecule has 0 aliphatic rings. The summed E-state index contributed by atoms with van der Waals surface area (Å²) < 4.78 is 2.03. The van der Waals surface area contributed by atoms with Crippen LogP contribution in [0, 0.1) is 0 Å². The second-order valence-electron chi connectivity index (χ2n) is 7.96. The number of allylic oxidation sites excluding steroid dienone is 2. The second-order valence-corrected chi connectivity index (χ2v) is 7.96. The summed E-state index contributed by atoms with van der Waals surface area (Å²) in [7, 11) is 0. The van der Waals surface area contributed by atoms with Gasteiger partial charge in [-0.2, -0.15) is 0 Å². The molecule has 0 spiro atoms. The molecule has 0 saturated heterocycles. The highest BCUT2D eigenvalue weighted by Crippen LogP contribution is 2.14. The molecule has 0 amide bonds. The normalized spacial score (nSPS) is 11.5. The molecule has 1 rings (SSSR count). The standard InChI is InChI=1S/C25H43NO2/c1-3-5-6-7-8-9-10-11-12-13-14-15-16-17-18-19-21-26-22-20-24(27)25(28)23(26)4-2/h11-12,20,22,28H,3-10,13-19,21H2,1-2H3/b12-11-. The molecule has 0 fully saturated rings. The highest BCUT2D eigenvalue weighted by atomic mass is 16.3. The van der Waals surface area contributed by atoms with Gasteiger partial charge < -0.3 is 9.67 Å². The van der Waals surface area contributed by atoms with Gasteiger partial charge >= 0.3 is 0 Å². The van der Waals surface area contributed by atoms with Crippen molar-refractivity contribution in [2.45, 2.75) is 117 Å². The van der Waals surface area contributed by atoms with E-state index in [0.29, 0.717) is 6.42 Å². The third-order valence-corrected chi connectivity index (χ3v) is 5.51. The number of aromatic hydroxyl groups is 1. The van der Waals surface area contributed by atoms with Crippen molar-refractivity contribution in [1.29, 1.82) is 0 Å². The van der Waals surface area contributed by atoms with E-state index in [2.05, 4.69) is 19.1 Å². The maximum absolute atomic E-state index is 11.5. The molecule has 1 heterocycles. The molecule has 1 N–H and O–H groups in total. The fraction of sp³-hybridized carbons (Fsp3) is 0.720. The maximum atomic E-state index is 11.5. The van der Waals surface area contributed by atoms with Gasteiger partial charge in [-0.05, 0) is 38.5 Å². The van der Waals surface area contributed by atoms with Gasteiger partial charge in [-0.3, -0.25) is 4.79 Å². The van der Waals surface area contributed by atoms with Crippen molar-refractivity contribution in [1.82, 2.24) is 4.57 Å². The fourth-order valence-corrected chi connectivity index (χ4v) is 3.71. The summed E-state index contributed by atoms with van der Waals surface area (Å²) in [4.78, 5) is 11.5. The van der Waals surface area contributed by atoms with E-state index in [0.717, 1.165) is 18.7 Å². The lowest BCUT2D eigenvalue weighted by Crippen LogP contribution is -2.12. The largest absolute Gasteiger partial charge is 0.503 e. The van der Waals surface area contributed by atoms with E-state index in [1.807, 2.05) is 17.7 Å². The molecule has 3 nitrogen and oxygen atoms in total. The monoisotopic (exact) mass is 389 g/mol. The summed E-state index contributed by atoms with van der Waals surface area (Å²) in [5.74, 6) is -0.0745. The Balaban J connectivity index is 1.97. The Labute approximate surface area is 172 Å². The predicted molar refractivity (Wildman–Crippen MR) is 121 cm³/mol. The van der Waals surface area contributed by atoms with E-state index < -0.39 is 0 Å². The van der Waals surface area contributed by atoms with Gasteiger partial charge in [-0.15, -0.1) is 0 Å². The summed E-state index contributed by atoms with van der Waals surface area (Å²) >= 11 is 0. The van der Waals surface area contributed by atoms with E-state index in [1.54, 1.807) is 0 Å². The molecule has 0 atom stereocenters. The van der Waals surface area contributed by atoms with E-state index in [1.165, 1.54) is 89.5 Å². The van der Waals surface area contributed by atoms with Crippen LogP contribution in [0.4, 0.5) is 0 Å². The van der Waals surface area contributed by atoms with Crippen LogP contribution >= 0.6 is 0 Å². The predicted octanol–water partition coefficient (Wildman–Crippen LogP) is 7.15. The van der Waals surface area contributed by atoms with Crippen LogP contribution in [0.3, 0.4) is 0 Å². The van der Waals surface area contributed by atoms with Crippen molar-refractivity contribution in [3.05, 3.63) is 40.3 Å². The Kier molecular flexibility index (Phi) is 14.4. The van der Waals surface area contributed by atoms with Gasteiger partial charge in [-0.1, -0.05) is 83.8 Å². The molecule has 28 heavy (non-hydrogen) atoms. The van der Waals surface area contributed by atoms with Crippen molar-refractivity contribution in [3.8, 4) is 5.75 Å². The molecular formula is C25H43NO2. The van der Waals surface area contributed by atoms with Crippen LogP contribution in [-0.4, -0.2) is 9.67 Å². The molecule has 3 heteroatoms. The third-order valence-electron chi connectivity index (χ3n) is 5.51. The van der Waals surface area contributed by atoms with Gasteiger partial charge in [0.1, 0.15) is 0 Å². The zero-order valence-corrected chi connectivity index (χ0v) is 18.4. The smallest absolute Gasteiger partial charge is 0.223 e. The summed E-state index contributed by atoms with van der Waals surface area (Å²) in [6.07, 6.45) is 25.6. The number of rotatable bonds is 17. The molecule has 1 aromatic rings. The van der Waals surface area contributed by atoms with Crippen LogP contribution in [0.1, 0.15) is 109 Å². The third kappa shape index (κ3) is 10.7. The minimum absolute atomic E-state index is 0.0745. The molecule has 0 radical (unpaired) electrons. The molecule has 0 saturated carbocycles. The molecule has 160 valence electrons. The van der Waals surface area contributed by atoms with Gasteiger partial charge in [0.2, 0.25) is 5.43 Å². The van der Waals surface area contributed by atoms with E-state index in [9.17, 15) is 9.90 Å². The quantitative estimate of drug-likeness (QED) is 0.227. The molecule has 0 unspecified atom stereocenters. The molecule has 0 aliphatic heterocycles. The molecular weight excluding hydrogens is 346 g/mol. The SMILES string of the molecule is CCCCCCCC/C=C\CCCCCCCCn1ccc(=O)c(O)c1CC. The van der Waals surface area contributed by atoms with Crippen molar-refractivity contribution in [2.75, 3.05) is 0 Å². The number of unbranched alkanes of at least 4 members (excludes halogenated alkanes) is 12. The topological polar surface area (TPSA) is 42.2 Å². The lowest BCUT2D eigenvalue weighted by atomic mass is 10.1. The Hall–Kier alpha value is -1.51. The van der Waals surface area contributed by atoms with Crippen LogP contribution in [0.15, 0.2) is 29.2 Å². The average Bonchev–Trinajstić information content (AvgIpc) is 2.70. The Morgan fingerprint density at radius 2 is 1.36 bits per heavy atom. The van der Waals surface area contributed by atoms with E-state index in [-0.39, 0.29) is 11.2 Å². The Morgan fingerprint density at radius 1 is 0.821 bits per heavy atom. The lowest BCUT2D eigenvalue weighted by Gasteiger charge is -2.13. The highest BCUT2D eigenvalue weighted by molar-refractivity contribution is 5.26. The van der Waals surface area contributed by atoms with Gasteiger partial charge in [-0.25, -0.2) is 0 Å². The lowest BCUT2D eigenvalue weighted by molar-refractivity contribution is 0.445. The molecule has 0 aromatic carbocycles. The number of aromatic nitrogens is 1. The number of hydrogen-bond donors (Lipinski definition) is 1. The molecule has 1 aromatic heterocycles. The minimum Gasteiger partial charge on any atom is -0.503 e. The first-order chi connectivity index (χ1) is 13.7. The number of hydrogen-bond acceptors (Lipinski definition) is 2. The first kappa shape index (κ1) is 24.5. The Morgan fingerprint density at radius 3 is 1.93 bits per heavy atom. The fourth-order valence-electron chi connectivity index (χ4n) is 3.71. The first-order valence-electron chi connectivity index (χ1n) is 11.8. The summed E-state index contributed by atoms with van der Waals surface area (Å²) in [6, 6.07) is 1.47. The van der Waals surface area contributed by atoms with Gasteiger partial charge in [0.25, 0.3) is 0 Å². The van der Waals surface area contributed by atoms with Crippen LogP contribution in [0.5, 0.6) is 5.75 Å². The van der Waals surface area contributed by atoms with Gasteiger partial charge in [0.05, 0.1) is 5.69 Å². The minimum atomic E-state index is -0.269. The molecule has 0 aliphatic carbocycles. The van der Waals surface area contributed by atoms with Crippen molar-refractivity contribution in [2.24, 2.45) is 0 Å². The van der Waals surface area contributed by atoms with Crippen LogP contribution < -0.4 is 5.43 Å². The summed E-state index contributed by atoms with van der Waals surface area (Å²) in [6.45, 7) is 5.14. The maximum Gasteiger partial charge on any atom is 0.223 e. The van der Waals surface area contributed by atoms with Gasteiger partial charge in [0, 0.05) is 18.8 Å². The average molecular weight is 390 g/mol. The number of pyridine rings is 1. The van der Waals surface area contributed by atoms with Crippen LogP contribution in [0.2, 0.25) is 0 Å². The van der Waals surface area contributed by atoms with Crippen molar-refractivity contribution in [3.63, 3.8) is 0 Å². The van der Waals surface area contributed by atoms with Gasteiger partial charge in [0.15, 0.2) is 5.75 Å². The number of nitrogens with zero attached hydrogens (tertiary/aromatic N) is 1. The van der Waals surface area contributed by atoms with E-state index in [4.69, 9.17) is 0 Å². The zero-order chi connectivity index (χ0) is 20.5. The van der Waals surface area contributed by atoms with Crippen molar-refractivity contribution >= 4 is 0 Å². The van der Waals surface area contributed by atoms with Crippen LogP contribution in [-0.2, 0) is 13.0 Å². The van der Waals surface area contributed by atoms with Crippen molar-refractivity contribution < 1.29 is 5.11 Å². The highest BCUT2D eigenvalue weighted by Gasteiger charge is 2.07. The van der Waals surface area contributed by atoms with E-state index >= 15 is 0 Å². The number of aryl methyl sites for hydroxylation is 1. The summed E-state index contributed by atoms with van der Waals surface area (Å²) in [5.41, 5.74) is 0.495. The summed E-state index contributed by atoms with van der Waals surface area (Å²) in [5, 5.41) is 9.87. The molecule has 0 bridgehead atoms. The zero-order valence-electron chi connectivity index (χ0n) is 18.4.